The maximum Gasteiger partial charge on any atom is 0.231 e. The summed E-state index contributed by atoms with van der Waals surface area (Å²) in [5.41, 5.74) is 2.31. The number of nitrogens with one attached hydrogen (secondary N) is 2. The Morgan fingerprint density at radius 1 is 1.32 bits per heavy atom. The van der Waals surface area contributed by atoms with Gasteiger partial charge in [0.15, 0.2) is 11.6 Å². The Labute approximate surface area is 198 Å². The van der Waals surface area contributed by atoms with Crippen LogP contribution in [0.3, 0.4) is 0 Å². The van der Waals surface area contributed by atoms with Crippen molar-refractivity contribution >= 4 is 39.9 Å². The number of hydrogen-bond donors (Lipinski definition) is 2. The average Bonchev–Trinajstić information content (AvgIpc) is 3.19. The molecule has 2 N–H and O–H groups in total. The summed E-state index contributed by atoms with van der Waals surface area (Å²) < 4.78 is 41.4. The summed E-state index contributed by atoms with van der Waals surface area (Å²) in [4.78, 5) is 16.4. The van der Waals surface area contributed by atoms with Crippen LogP contribution in [0.4, 0.5) is 14.6 Å². The van der Waals surface area contributed by atoms with E-state index >= 15 is 4.39 Å². The van der Waals surface area contributed by atoms with E-state index in [1.54, 1.807) is 42.0 Å². The van der Waals surface area contributed by atoms with Crippen LogP contribution in [0.1, 0.15) is 25.0 Å². The molecule has 1 saturated carbocycles. The number of alkyl halides is 1. The number of anilines is 1. The number of aromatic amines is 1. The Bertz CT molecular complexity index is 1400. The van der Waals surface area contributed by atoms with Gasteiger partial charge in [0.2, 0.25) is 5.91 Å². The summed E-state index contributed by atoms with van der Waals surface area (Å²) in [5.74, 6) is -1.34. The second-order valence-corrected chi connectivity index (χ2v) is 8.71. The summed E-state index contributed by atoms with van der Waals surface area (Å²) >= 11 is 6.57. The summed E-state index contributed by atoms with van der Waals surface area (Å²) in [6.07, 6.45) is 2.91. The average molecular weight is 490 g/mol. The van der Waals surface area contributed by atoms with Crippen LogP contribution in [0.2, 0.25) is 5.02 Å². The second kappa shape index (κ2) is 8.61. The Morgan fingerprint density at radius 2 is 2.09 bits per heavy atom. The number of nitrogens with zero attached hydrogens (tertiary/aromatic N) is 3. The fraction of sp³-hybridized carbons (Fsp3) is 0.348. The predicted molar refractivity (Wildman–Crippen MR) is 123 cm³/mol. The van der Waals surface area contributed by atoms with Crippen LogP contribution in [0.5, 0.6) is 0 Å². The molecule has 178 valence electrons. The van der Waals surface area contributed by atoms with E-state index in [1.807, 2.05) is 0 Å². The van der Waals surface area contributed by atoms with Gasteiger partial charge in [0.25, 0.3) is 0 Å². The highest BCUT2D eigenvalue weighted by Crippen LogP contribution is 2.42. The number of halogens is 3. The lowest BCUT2D eigenvalue weighted by molar-refractivity contribution is -0.117. The number of rotatable bonds is 7. The third kappa shape index (κ3) is 3.71. The molecule has 0 radical (unpaired) electrons. The number of methoxy groups -OCH3 is 2. The molecule has 0 spiro atoms. The van der Waals surface area contributed by atoms with E-state index in [4.69, 9.17) is 21.1 Å². The van der Waals surface area contributed by atoms with Gasteiger partial charge in [-0.05, 0) is 25.5 Å². The molecular formula is C23H22ClF2N5O3. The zero-order valence-electron chi connectivity index (χ0n) is 18.6. The normalized spacial score (nSPS) is 19.5. The number of benzene rings is 1. The quantitative estimate of drug-likeness (QED) is 0.393. The Kier molecular flexibility index (Phi) is 5.75. The summed E-state index contributed by atoms with van der Waals surface area (Å²) in [5, 5.41) is 10.1. The molecule has 0 bridgehead atoms. The molecule has 1 aromatic carbocycles. The highest BCUT2D eigenvalue weighted by Gasteiger charge is 2.43. The standard InChI is InChI=1S/C23H22ClF2N5O3/c1-10(33-2)22(34-3)18-20(26)19(24)17(13-7-27-30-21(13)18)11-4-5-16-28-15(9-31(16)8-11)29-23(32)12-6-14(12)25/h4-5,7-10,12,14,22H,6H2,1-3H3,(H,27,30)(H,29,32)/t10-,12-,14+,22-/m1/s1. The highest BCUT2D eigenvalue weighted by molar-refractivity contribution is 6.35. The van der Waals surface area contributed by atoms with Gasteiger partial charge >= 0.3 is 0 Å². The van der Waals surface area contributed by atoms with Gasteiger partial charge in [-0.2, -0.15) is 5.10 Å². The van der Waals surface area contributed by atoms with Gasteiger partial charge in [0, 0.05) is 42.5 Å². The number of ether oxygens (including phenoxy) is 2. The summed E-state index contributed by atoms with van der Waals surface area (Å²) in [7, 11) is 3.00. The largest absolute Gasteiger partial charge is 0.379 e. The minimum absolute atomic E-state index is 0.0787. The van der Waals surface area contributed by atoms with Gasteiger partial charge in [-0.1, -0.05) is 11.6 Å². The third-order valence-corrected chi connectivity index (χ3v) is 6.56. The maximum absolute atomic E-state index is 15.7. The lowest BCUT2D eigenvalue weighted by Crippen LogP contribution is -2.21. The van der Waals surface area contributed by atoms with E-state index < -0.39 is 36.0 Å². The topological polar surface area (TPSA) is 93.5 Å². The van der Waals surface area contributed by atoms with Gasteiger partial charge in [-0.25, -0.2) is 13.8 Å². The number of hydrogen-bond acceptors (Lipinski definition) is 5. The van der Waals surface area contributed by atoms with Crippen molar-refractivity contribution in [3.05, 3.63) is 47.1 Å². The van der Waals surface area contributed by atoms with Crippen molar-refractivity contribution in [3.63, 3.8) is 0 Å². The first-order valence-corrected chi connectivity index (χ1v) is 11.0. The zero-order valence-corrected chi connectivity index (χ0v) is 19.4. The Balaban J connectivity index is 1.58. The lowest BCUT2D eigenvalue weighted by Gasteiger charge is -2.24. The monoisotopic (exact) mass is 489 g/mol. The smallest absolute Gasteiger partial charge is 0.231 e. The molecule has 1 aliphatic rings. The van der Waals surface area contributed by atoms with Gasteiger partial charge in [-0.15, -0.1) is 0 Å². The minimum Gasteiger partial charge on any atom is -0.379 e. The molecule has 3 aromatic heterocycles. The third-order valence-electron chi connectivity index (χ3n) is 6.20. The van der Waals surface area contributed by atoms with Crippen molar-refractivity contribution in [2.75, 3.05) is 19.5 Å². The predicted octanol–water partition coefficient (Wildman–Crippen LogP) is 4.69. The first kappa shape index (κ1) is 22.7. The van der Waals surface area contributed by atoms with E-state index in [1.165, 1.54) is 14.2 Å². The molecule has 0 unspecified atom stereocenters. The van der Waals surface area contributed by atoms with Crippen molar-refractivity contribution in [2.45, 2.75) is 31.7 Å². The van der Waals surface area contributed by atoms with E-state index in [0.29, 0.717) is 33.5 Å². The van der Waals surface area contributed by atoms with Crippen molar-refractivity contribution in [3.8, 4) is 11.1 Å². The van der Waals surface area contributed by atoms with E-state index in [2.05, 4.69) is 20.5 Å². The molecule has 1 fully saturated rings. The molecule has 8 nitrogen and oxygen atoms in total. The number of H-pyrrole nitrogens is 1. The van der Waals surface area contributed by atoms with Gasteiger partial charge in [0.05, 0.1) is 35.0 Å². The Hall–Kier alpha value is -3.08. The lowest BCUT2D eigenvalue weighted by atomic mass is 9.95. The van der Waals surface area contributed by atoms with E-state index in [9.17, 15) is 9.18 Å². The van der Waals surface area contributed by atoms with Crippen molar-refractivity contribution in [2.24, 2.45) is 5.92 Å². The van der Waals surface area contributed by atoms with Crippen molar-refractivity contribution in [1.82, 2.24) is 19.6 Å². The first-order valence-electron chi connectivity index (χ1n) is 10.7. The summed E-state index contributed by atoms with van der Waals surface area (Å²) in [6, 6.07) is 3.48. The molecule has 1 aliphatic carbocycles. The SMILES string of the molecule is CO[C@H](C)[C@@H](OC)c1c(F)c(Cl)c(-c2ccc3nc(NC(=O)[C@@H]4C[C@@H]4F)cn3c2)c2cn[nH]c12. The van der Waals surface area contributed by atoms with Crippen molar-refractivity contribution in [1.29, 1.82) is 0 Å². The van der Waals surface area contributed by atoms with E-state index in [0.717, 1.165) is 0 Å². The fourth-order valence-corrected chi connectivity index (χ4v) is 4.52. The van der Waals surface area contributed by atoms with Gasteiger partial charge in [-0.3, -0.25) is 9.89 Å². The number of aromatic nitrogens is 4. The van der Waals surface area contributed by atoms with Crippen LogP contribution in [0.15, 0.2) is 30.7 Å². The summed E-state index contributed by atoms with van der Waals surface area (Å²) in [6.45, 7) is 1.78. The molecule has 0 saturated heterocycles. The number of pyridine rings is 1. The van der Waals surface area contributed by atoms with Crippen LogP contribution < -0.4 is 5.32 Å². The number of carbonyl (C=O) groups is 1. The molecular weight excluding hydrogens is 468 g/mol. The number of amides is 1. The molecule has 0 aliphatic heterocycles. The molecule has 5 rings (SSSR count). The zero-order chi connectivity index (χ0) is 24.1. The molecule has 1 amide bonds. The van der Waals surface area contributed by atoms with Crippen LogP contribution in [-0.4, -0.2) is 52.0 Å². The first-order chi connectivity index (χ1) is 16.3. The maximum atomic E-state index is 15.7. The van der Waals surface area contributed by atoms with Crippen LogP contribution in [0, 0.1) is 11.7 Å². The Morgan fingerprint density at radius 3 is 2.76 bits per heavy atom. The number of fused-ring (bicyclic) bond motifs is 2. The van der Waals surface area contributed by atoms with Gasteiger partial charge < -0.3 is 19.2 Å². The second-order valence-electron chi connectivity index (χ2n) is 8.33. The molecule has 11 heteroatoms. The molecule has 4 aromatic rings. The minimum atomic E-state index is -1.09. The van der Waals surface area contributed by atoms with E-state index in [-0.39, 0.29) is 17.0 Å². The van der Waals surface area contributed by atoms with Gasteiger partial charge in [0.1, 0.15) is 17.9 Å². The van der Waals surface area contributed by atoms with Crippen LogP contribution >= 0.6 is 11.6 Å². The molecule has 4 atom stereocenters. The molecule has 3 heterocycles. The number of imidazole rings is 1. The number of carbonyl (C=O) groups excluding carboxylic acids is 1. The van der Waals surface area contributed by atoms with Crippen LogP contribution in [0.25, 0.3) is 27.7 Å². The highest BCUT2D eigenvalue weighted by atomic mass is 35.5. The van der Waals surface area contributed by atoms with Crippen molar-refractivity contribution < 1.29 is 23.0 Å². The van der Waals surface area contributed by atoms with Crippen LogP contribution in [-0.2, 0) is 14.3 Å². The molecule has 34 heavy (non-hydrogen) atoms. The fourth-order valence-electron chi connectivity index (χ4n) is 4.21.